The summed E-state index contributed by atoms with van der Waals surface area (Å²) in [5.74, 6) is 1.98. The molecule has 0 saturated heterocycles. The van der Waals surface area contributed by atoms with Gasteiger partial charge < -0.3 is 0 Å². The zero-order valence-electron chi connectivity index (χ0n) is 27.5. The first-order valence-corrected chi connectivity index (χ1v) is 17.9. The molecular weight excluding hydrogens is 639 g/mol. The summed E-state index contributed by atoms with van der Waals surface area (Å²) in [5, 5.41) is 7.20. The molecule has 2 heterocycles. The quantitative estimate of drug-likeness (QED) is 0.183. The van der Waals surface area contributed by atoms with Gasteiger partial charge in [-0.1, -0.05) is 152 Å². The normalized spacial score (nSPS) is 11.5. The van der Waals surface area contributed by atoms with Crippen LogP contribution in [0.25, 0.3) is 98.1 Å². The molecule has 0 aliphatic carbocycles. The van der Waals surface area contributed by atoms with Crippen molar-refractivity contribution in [2.45, 2.75) is 0 Å². The Morgan fingerprint density at radius 2 is 0.882 bits per heavy atom. The fourth-order valence-corrected chi connectivity index (χ4v) is 8.34. The molecule has 10 aromatic rings. The van der Waals surface area contributed by atoms with Crippen LogP contribution in [0.5, 0.6) is 0 Å². The average Bonchev–Trinajstić information content (AvgIpc) is 3.58. The van der Waals surface area contributed by atoms with Crippen LogP contribution in [0.2, 0.25) is 0 Å². The molecular formula is C47H29N3S. The van der Waals surface area contributed by atoms with Crippen molar-refractivity contribution in [1.82, 2.24) is 15.0 Å². The molecule has 0 radical (unpaired) electrons. The van der Waals surface area contributed by atoms with Gasteiger partial charge in [0.1, 0.15) is 0 Å². The predicted molar refractivity (Wildman–Crippen MR) is 215 cm³/mol. The molecule has 51 heavy (non-hydrogen) atoms. The third-order valence-electron chi connectivity index (χ3n) is 9.70. The van der Waals surface area contributed by atoms with Gasteiger partial charge in [-0.25, -0.2) is 15.0 Å². The third-order valence-corrected chi connectivity index (χ3v) is 10.8. The molecule has 0 aliphatic heterocycles. The van der Waals surface area contributed by atoms with E-state index >= 15 is 0 Å². The van der Waals surface area contributed by atoms with Gasteiger partial charge in [-0.05, 0) is 68.1 Å². The summed E-state index contributed by atoms with van der Waals surface area (Å²) in [7, 11) is 0. The van der Waals surface area contributed by atoms with E-state index in [0.29, 0.717) is 17.5 Å². The van der Waals surface area contributed by atoms with E-state index in [2.05, 4.69) is 158 Å². The van der Waals surface area contributed by atoms with Crippen LogP contribution in [0.15, 0.2) is 176 Å². The van der Waals surface area contributed by atoms with Gasteiger partial charge in [0.15, 0.2) is 17.5 Å². The molecule has 3 nitrogen and oxygen atoms in total. The minimum absolute atomic E-state index is 0.647. The van der Waals surface area contributed by atoms with Gasteiger partial charge >= 0.3 is 0 Å². The zero-order chi connectivity index (χ0) is 33.7. The Balaban J connectivity index is 1.12. The van der Waals surface area contributed by atoms with E-state index in [1.54, 1.807) is 0 Å². The number of thiophene rings is 1. The smallest absolute Gasteiger partial charge is 0.165 e. The first-order chi connectivity index (χ1) is 25.2. The van der Waals surface area contributed by atoms with E-state index in [0.717, 1.165) is 33.2 Å². The summed E-state index contributed by atoms with van der Waals surface area (Å²) in [6, 6.07) is 62.2. The largest absolute Gasteiger partial charge is 0.208 e. The van der Waals surface area contributed by atoms with Crippen LogP contribution < -0.4 is 0 Å². The Bertz CT molecular complexity index is 2910. The molecule has 10 rings (SSSR count). The Hall–Kier alpha value is -6.49. The summed E-state index contributed by atoms with van der Waals surface area (Å²) < 4.78 is 2.48. The highest BCUT2D eigenvalue weighted by atomic mass is 32.1. The molecule has 0 atom stereocenters. The maximum absolute atomic E-state index is 5.28. The average molecular weight is 668 g/mol. The highest BCUT2D eigenvalue weighted by molar-refractivity contribution is 7.26. The van der Waals surface area contributed by atoms with E-state index in [1.807, 2.05) is 29.5 Å². The first-order valence-electron chi connectivity index (χ1n) is 17.1. The van der Waals surface area contributed by atoms with Gasteiger partial charge in [0.2, 0.25) is 0 Å². The number of fused-ring (bicyclic) bond motifs is 5. The molecule has 0 unspecified atom stereocenters. The van der Waals surface area contributed by atoms with Crippen molar-refractivity contribution < 1.29 is 0 Å². The molecule has 4 heteroatoms. The van der Waals surface area contributed by atoms with Crippen molar-refractivity contribution in [2.75, 3.05) is 0 Å². The standard InChI is InChI=1S/C47H29N3S/c1-2-12-33(13-3-1)45-48-46(50-47(49-45)44-39-18-7-6-15-37(39)29-42-43(44)40-19-8-9-20-41(40)51-42)38-17-10-16-35(28-38)31-21-23-32(24-22-31)36-26-25-30-11-4-5-14-34(30)27-36/h1-29H. The third kappa shape index (κ3) is 5.25. The number of nitrogens with zero attached hydrogens (tertiary/aromatic N) is 3. The molecule has 2 aromatic heterocycles. The van der Waals surface area contributed by atoms with E-state index in [4.69, 9.17) is 15.0 Å². The van der Waals surface area contributed by atoms with Crippen molar-refractivity contribution in [1.29, 1.82) is 0 Å². The first kappa shape index (κ1) is 29.4. The van der Waals surface area contributed by atoms with Crippen LogP contribution in [0.1, 0.15) is 0 Å². The summed E-state index contributed by atoms with van der Waals surface area (Å²) in [6.07, 6.45) is 0. The molecule has 0 N–H and O–H groups in total. The van der Waals surface area contributed by atoms with Gasteiger partial charge in [-0.2, -0.15) is 0 Å². The highest BCUT2D eigenvalue weighted by Gasteiger charge is 2.20. The van der Waals surface area contributed by atoms with Crippen molar-refractivity contribution in [3.8, 4) is 56.4 Å². The van der Waals surface area contributed by atoms with Crippen LogP contribution in [0, 0.1) is 0 Å². The molecule has 0 saturated carbocycles. The van der Waals surface area contributed by atoms with Crippen molar-refractivity contribution in [3.05, 3.63) is 176 Å². The fraction of sp³-hybridized carbons (Fsp3) is 0. The Morgan fingerprint density at radius 3 is 1.69 bits per heavy atom. The topological polar surface area (TPSA) is 38.7 Å². The van der Waals surface area contributed by atoms with E-state index < -0.39 is 0 Å². The fourth-order valence-electron chi connectivity index (χ4n) is 7.18. The Morgan fingerprint density at radius 1 is 0.314 bits per heavy atom. The maximum atomic E-state index is 5.28. The second-order valence-corrected chi connectivity index (χ2v) is 13.9. The summed E-state index contributed by atoms with van der Waals surface area (Å²) in [4.78, 5) is 15.6. The van der Waals surface area contributed by atoms with E-state index in [9.17, 15) is 0 Å². The minimum Gasteiger partial charge on any atom is -0.208 e. The monoisotopic (exact) mass is 667 g/mol. The highest BCUT2D eigenvalue weighted by Crippen LogP contribution is 2.44. The summed E-state index contributed by atoms with van der Waals surface area (Å²) in [6.45, 7) is 0. The van der Waals surface area contributed by atoms with Crippen molar-refractivity contribution in [2.24, 2.45) is 0 Å². The van der Waals surface area contributed by atoms with Crippen LogP contribution in [-0.4, -0.2) is 15.0 Å². The molecule has 0 bridgehead atoms. The van der Waals surface area contributed by atoms with Crippen LogP contribution in [0.4, 0.5) is 0 Å². The summed E-state index contributed by atoms with van der Waals surface area (Å²) >= 11 is 1.81. The van der Waals surface area contributed by atoms with Crippen LogP contribution in [0.3, 0.4) is 0 Å². The molecule has 0 spiro atoms. The lowest BCUT2D eigenvalue weighted by Crippen LogP contribution is -2.01. The molecule has 8 aromatic carbocycles. The molecule has 0 aliphatic rings. The molecule has 0 amide bonds. The molecule has 238 valence electrons. The maximum Gasteiger partial charge on any atom is 0.165 e. The van der Waals surface area contributed by atoms with Gasteiger partial charge in [0, 0.05) is 36.9 Å². The second-order valence-electron chi connectivity index (χ2n) is 12.8. The Labute approximate surface area is 299 Å². The van der Waals surface area contributed by atoms with Gasteiger partial charge in [0.05, 0.1) is 0 Å². The lowest BCUT2D eigenvalue weighted by atomic mass is 9.97. The minimum atomic E-state index is 0.647. The number of rotatable bonds is 5. The van der Waals surface area contributed by atoms with Crippen molar-refractivity contribution in [3.63, 3.8) is 0 Å². The zero-order valence-corrected chi connectivity index (χ0v) is 28.3. The molecule has 0 fully saturated rings. The van der Waals surface area contributed by atoms with E-state index in [-0.39, 0.29) is 0 Å². The number of hydrogen-bond donors (Lipinski definition) is 0. The second kappa shape index (κ2) is 12.1. The van der Waals surface area contributed by atoms with Gasteiger partial charge in [-0.3, -0.25) is 0 Å². The van der Waals surface area contributed by atoms with Crippen LogP contribution in [-0.2, 0) is 0 Å². The number of hydrogen-bond acceptors (Lipinski definition) is 4. The van der Waals surface area contributed by atoms with Gasteiger partial charge in [0.25, 0.3) is 0 Å². The Kier molecular flexibility index (Phi) is 7.00. The number of benzene rings is 8. The predicted octanol–water partition coefficient (Wildman–Crippen LogP) is 12.9. The van der Waals surface area contributed by atoms with Crippen LogP contribution >= 0.6 is 11.3 Å². The lowest BCUT2D eigenvalue weighted by Gasteiger charge is -2.13. The number of aromatic nitrogens is 3. The van der Waals surface area contributed by atoms with E-state index in [1.165, 1.54) is 47.5 Å². The van der Waals surface area contributed by atoms with Gasteiger partial charge in [-0.15, -0.1) is 11.3 Å². The SMILES string of the molecule is c1ccc(-c2nc(-c3cccc(-c4ccc(-c5ccc6ccccc6c5)cc4)c3)nc(-c3c4ccccc4cc4sc5ccccc5c34)n2)cc1. The summed E-state index contributed by atoms with van der Waals surface area (Å²) in [5.41, 5.74) is 7.59. The lowest BCUT2D eigenvalue weighted by molar-refractivity contribution is 1.08. The van der Waals surface area contributed by atoms with Crippen molar-refractivity contribution >= 4 is 53.1 Å².